The Labute approximate surface area is 166 Å². The first kappa shape index (κ1) is 22.0. The Bertz CT molecular complexity index is 678. The third kappa shape index (κ3) is 6.04. The molecule has 6 nitrogen and oxygen atoms in total. The van der Waals surface area contributed by atoms with Crippen molar-refractivity contribution in [3.05, 3.63) is 48.2 Å². The van der Waals surface area contributed by atoms with Crippen LogP contribution in [-0.2, 0) is 11.2 Å². The fourth-order valence-corrected chi connectivity index (χ4v) is 3.02. The second-order valence-corrected chi connectivity index (χ2v) is 6.11. The molecule has 142 valence electrons. The molecule has 2 heterocycles. The van der Waals surface area contributed by atoms with Gasteiger partial charge in [-0.3, -0.25) is 4.79 Å². The van der Waals surface area contributed by atoms with Crippen LogP contribution in [0, 0.1) is 0 Å². The third-order valence-corrected chi connectivity index (χ3v) is 4.44. The van der Waals surface area contributed by atoms with E-state index in [0.717, 1.165) is 43.0 Å². The largest absolute Gasteiger partial charge is 0.399 e. The number of likely N-dealkylation sites (tertiary alicyclic amines) is 1. The molecule has 0 bridgehead atoms. The molecule has 1 fully saturated rings. The van der Waals surface area contributed by atoms with E-state index in [1.54, 1.807) is 6.20 Å². The van der Waals surface area contributed by atoms with E-state index in [4.69, 9.17) is 5.73 Å². The Morgan fingerprint density at radius 2 is 1.88 bits per heavy atom. The number of hydrogen-bond acceptors (Lipinski definition) is 5. The van der Waals surface area contributed by atoms with Gasteiger partial charge in [-0.25, -0.2) is 0 Å². The average Bonchev–Trinajstić information content (AvgIpc) is 2.62. The molecule has 1 aliphatic heterocycles. The number of aromatic nitrogens is 2. The maximum atomic E-state index is 12.4. The molecular weight excluding hydrogens is 373 g/mol. The quantitative estimate of drug-likeness (QED) is 0.757. The Morgan fingerprint density at radius 1 is 1.15 bits per heavy atom. The van der Waals surface area contributed by atoms with Crippen molar-refractivity contribution in [1.29, 1.82) is 0 Å². The number of anilines is 2. The third-order valence-electron chi connectivity index (χ3n) is 4.44. The smallest absolute Gasteiger partial charge is 0.222 e. The van der Waals surface area contributed by atoms with Crippen LogP contribution in [0.4, 0.5) is 11.5 Å². The van der Waals surface area contributed by atoms with Crippen LogP contribution in [0.3, 0.4) is 0 Å². The molecule has 1 amide bonds. The molecule has 26 heavy (non-hydrogen) atoms. The predicted molar refractivity (Wildman–Crippen MR) is 109 cm³/mol. The summed E-state index contributed by atoms with van der Waals surface area (Å²) in [5.74, 6) is 0.998. The van der Waals surface area contributed by atoms with Gasteiger partial charge in [-0.2, -0.15) is 5.10 Å². The van der Waals surface area contributed by atoms with Gasteiger partial charge in [0, 0.05) is 37.4 Å². The molecule has 3 rings (SSSR count). The van der Waals surface area contributed by atoms with E-state index in [-0.39, 0.29) is 30.7 Å². The van der Waals surface area contributed by atoms with Gasteiger partial charge in [0.05, 0.1) is 0 Å². The molecule has 0 aliphatic carbocycles. The zero-order valence-electron chi connectivity index (χ0n) is 14.5. The van der Waals surface area contributed by atoms with Crippen LogP contribution >= 0.6 is 24.8 Å². The fourth-order valence-electron chi connectivity index (χ4n) is 3.02. The molecule has 1 aliphatic rings. The van der Waals surface area contributed by atoms with Crippen LogP contribution in [0.5, 0.6) is 0 Å². The van der Waals surface area contributed by atoms with Crippen LogP contribution in [0.25, 0.3) is 0 Å². The van der Waals surface area contributed by atoms with E-state index in [1.165, 1.54) is 0 Å². The summed E-state index contributed by atoms with van der Waals surface area (Å²) in [6, 6.07) is 11.9. The summed E-state index contributed by atoms with van der Waals surface area (Å²) in [5.41, 5.74) is 7.74. The van der Waals surface area contributed by atoms with Crippen LogP contribution in [-0.4, -0.2) is 40.1 Å². The minimum Gasteiger partial charge on any atom is -0.399 e. The summed E-state index contributed by atoms with van der Waals surface area (Å²) in [5, 5.41) is 11.3. The number of para-hydroxylation sites is 1. The summed E-state index contributed by atoms with van der Waals surface area (Å²) in [6.45, 7) is 1.56. The van der Waals surface area contributed by atoms with Crippen LogP contribution in [0.2, 0.25) is 0 Å². The molecule has 0 unspecified atom stereocenters. The standard InChI is InChI=1S/C18H23N5O.2ClH/c19-16-5-2-1-4-14(16)7-8-18(24)23-12-9-15(10-13-23)21-17-6-3-11-20-22-17;;/h1-6,11,15H,7-10,12-13,19H2,(H,21,22);2*1H. The van der Waals surface area contributed by atoms with Crippen molar-refractivity contribution in [1.82, 2.24) is 15.1 Å². The number of carbonyl (C=O) groups excluding carboxylic acids is 1. The molecule has 2 aromatic rings. The normalized spacial score (nSPS) is 14.1. The van der Waals surface area contributed by atoms with E-state index < -0.39 is 0 Å². The van der Waals surface area contributed by atoms with Crippen molar-refractivity contribution in [3.63, 3.8) is 0 Å². The Morgan fingerprint density at radius 3 is 2.54 bits per heavy atom. The SMILES string of the molecule is Cl.Cl.Nc1ccccc1CCC(=O)N1CCC(Nc2cccnn2)CC1. The van der Waals surface area contributed by atoms with Crippen molar-refractivity contribution in [2.24, 2.45) is 0 Å². The molecule has 8 heteroatoms. The maximum absolute atomic E-state index is 12.4. The van der Waals surface area contributed by atoms with Gasteiger partial charge in [0.2, 0.25) is 5.91 Å². The number of rotatable bonds is 5. The minimum atomic E-state index is 0. The Balaban J connectivity index is 0.00000169. The van der Waals surface area contributed by atoms with E-state index >= 15 is 0 Å². The zero-order chi connectivity index (χ0) is 16.8. The molecular formula is C18H25Cl2N5O. The molecule has 1 aromatic carbocycles. The molecule has 0 atom stereocenters. The Hall–Kier alpha value is -2.05. The molecule has 0 saturated carbocycles. The average molecular weight is 398 g/mol. The molecule has 1 saturated heterocycles. The van der Waals surface area contributed by atoms with Crippen LogP contribution in [0.15, 0.2) is 42.6 Å². The van der Waals surface area contributed by atoms with Gasteiger partial charge < -0.3 is 16.0 Å². The van der Waals surface area contributed by atoms with Gasteiger partial charge >= 0.3 is 0 Å². The van der Waals surface area contributed by atoms with E-state index in [9.17, 15) is 4.79 Å². The van der Waals surface area contributed by atoms with Crippen molar-refractivity contribution >= 4 is 42.2 Å². The monoisotopic (exact) mass is 397 g/mol. The number of piperidine rings is 1. The van der Waals surface area contributed by atoms with Gasteiger partial charge in [0.25, 0.3) is 0 Å². The summed E-state index contributed by atoms with van der Waals surface area (Å²) in [4.78, 5) is 14.3. The summed E-state index contributed by atoms with van der Waals surface area (Å²) >= 11 is 0. The number of benzene rings is 1. The first-order chi connectivity index (χ1) is 11.7. The highest BCUT2D eigenvalue weighted by atomic mass is 35.5. The second-order valence-electron chi connectivity index (χ2n) is 6.11. The van der Waals surface area contributed by atoms with Gasteiger partial charge in [0.1, 0.15) is 5.82 Å². The second kappa shape index (κ2) is 10.8. The zero-order valence-corrected chi connectivity index (χ0v) is 16.1. The number of aryl methyl sites for hydroxylation is 1. The number of amides is 1. The van der Waals surface area contributed by atoms with Crippen molar-refractivity contribution in [3.8, 4) is 0 Å². The van der Waals surface area contributed by atoms with Gasteiger partial charge in [-0.15, -0.1) is 29.9 Å². The summed E-state index contributed by atoms with van der Waals surface area (Å²) < 4.78 is 0. The number of nitrogens with two attached hydrogens (primary N) is 1. The van der Waals surface area contributed by atoms with Gasteiger partial charge in [-0.05, 0) is 43.0 Å². The summed E-state index contributed by atoms with van der Waals surface area (Å²) in [6.07, 6.45) is 4.72. The number of nitrogens with zero attached hydrogens (tertiary/aromatic N) is 3. The number of carbonyl (C=O) groups is 1. The van der Waals surface area contributed by atoms with Crippen LogP contribution in [0.1, 0.15) is 24.8 Å². The van der Waals surface area contributed by atoms with E-state index in [1.807, 2.05) is 41.3 Å². The highest BCUT2D eigenvalue weighted by Crippen LogP contribution is 2.17. The number of halogens is 2. The van der Waals surface area contributed by atoms with Crippen molar-refractivity contribution < 1.29 is 4.79 Å². The van der Waals surface area contributed by atoms with E-state index in [2.05, 4.69) is 15.5 Å². The fraction of sp³-hybridized carbons (Fsp3) is 0.389. The first-order valence-corrected chi connectivity index (χ1v) is 8.38. The molecule has 0 radical (unpaired) electrons. The van der Waals surface area contributed by atoms with Crippen molar-refractivity contribution in [2.45, 2.75) is 31.7 Å². The lowest BCUT2D eigenvalue weighted by Crippen LogP contribution is -2.42. The number of nitrogens with one attached hydrogen (secondary N) is 1. The lowest BCUT2D eigenvalue weighted by Gasteiger charge is -2.32. The van der Waals surface area contributed by atoms with Crippen LogP contribution < -0.4 is 11.1 Å². The maximum Gasteiger partial charge on any atom is 0.222 e. The highest BCUT2D eigenvalue weighted by molar-refractivity contribution is 5.85. The summed E-state index contributed by atoms with van der Waals surface area (Å²) in [7, 11) is 0. The molecule has 0 spiro atoms. The molecule has 3 N–H and O–H groups in total. The minimum absolute atomic E-state index is 0. The van der Waals surface area contributed by atoms with Gasteiger partial charge in [0.15, 0.2) is 0 Å². The number of hydrogen-bond donors (Lipinski definition) is 2. The first-order valence-electron chi connectivity index (χ1n) is 8.38. The predicted octanol–water partition coefficient (Wildman–Crippen LogP) is 2.94. The number of nitrogen functional groups attached to an aromatic ring is 1. The molecule has 1 aromatic heterocycles. The Kier molecular flexibility index (Phi) is 9.16. The topological polar surface area (TPSA) is 84.1 Å². The highest BCUT2D eigenvalue weighted by Gasteiger charge is 2.22. The van der Waals surface area contributed by atoms with E-state index in [0.29, 0.717) is 18.9 Å². The lowest BCUT2D eigenvalue weighted by atomic mass is 10.0. The lowest BCUT2D eigenvalue weighted by molar-refractivity contribution is -0.132. The van der Waals surface area contributed by atoms with Crippen molar-refractivity contribution in [2.75, 3.05) is 24.1 Å². The van der Waals surface area contributed by atoms with Gasteiger partial charge in [-0.1, -0.05) is 18.2 Å².